The fraction of sp³-hybridized carbons (Fsp3) is 0.538. The van der Waals surface area contributed by atoms with E-state index in [4.69, 9.17) is 0 Å². The van der Waals surface area contributed by atoms with E-state index in [1.807, 2.05) is 18.8 Å². The van der Waals surface area contributed by atoms with Gasteiger partial charge in [0.2, 0.25) is 10.0 Å². The van der Waals surface area contributed by atoms with Crippen LogP contribution in [0.4, 0.5) is 5.69 Å². The van der Waals surface area contributed by atoms with E-state index in [0.717, 1.165) is 5.69 Å². The Kier molecular flexibility index (Phi) is 4.43. The third-order valence-electron chi connectivity index (χ3n) is 3.17. The molecule has 0 amide bonds. The number of nitrogens with one attached hydrogen (secondary N) is 1. The molecule has 4 nitrogen and oxygen atoms in total. The fourth-order valence-corrected chi connectivity index (χ4v) is 5.40. The Labute approximate surface area is 119 Å². The SMILES string of the molecule is CNc1ccc(S(=O)(=O)N2CC(C)SC(C)C2)cc1. The first-order chi connectivity index (χ1) is 8.93. The molecule has 2 unspecified atom stereocenters. The zero-order valence-electron chi connectivity index (χ0n) is 11.5. The molecule has 1 aliphatic heterocycles. The molecule has 19 heavy (non-hydrogen) atoms. The summed E-state index contributed by atoms with van der Waals surface area (Å²) in [6.45, 7) is 5.33. The van der Waals surface area contributed by atoms with Gasteiger partial charge in [-0.2, -0.15) is 16.1 Å². The van der Waals surface area contributed by atoms with Gasteiger partial charge >= 0.3 is 0 Å². The highest BCUT2D eigenvalue weighted by atomic mass is 32.2. The highest BCUT2D eigenvalue weighted by Gasteiger charge is 2.31. The van der Waals surface area contributed by atoms with Gasteiger partial charge in [-0.05, 0) is 24.3 Å². The lowest BCUT2D eigenvalue weighted by molar-refractivity contribution is 0.405. The number of benzene rings is 1. The molecule has 1 saturated heterocycles. The first-order valence-corrected chi connectivity index (χ1v) is 8.75. The van der Waals surface area contributed by atoms with Gasteiger partial charge in [0.15, 0.2) is 0 Å². The van der Waals surface area contributed by atoms with E-state index in [0.29, 0.717) is 28.5 Å². The minimum atomic E-state index is -3.36. The van der Waals surface area contributed by atoms with Gasteiger partial charge < -0.3 is 5.32 Å². The summed E-state index contributed by atoms with van der Waals surface area (Å²) in [5.74, 6) is 0. The second-order valence-corrected chi connectivity index (χ2v) is 8.67. The molecule has 0 spiro atoms. The van der Waals surface area contributed by atoms with Gasteiger partial charge in [0.1, 0.15) is 0 Å². The second kappa shape index (κ2) is 5.73. The van der Waals surface area contributed by atoms with Gasteiger partial charge in [0, 0.05) is 36.3 Å². The lowest BCUT2D eigenvalue weighted by atomic mass is 10.3. The molecule has 1 heterocycles. The Bertz CT molecular complexity index is 518. The van der Waals surface area contributed by atoms with Crippen LogP contribution in [-0.4, -0.2) is 43.4 Å². The molecule has 1 aromatic carbocycles. The Balaban J connectivity index is 2.25. The van der Waals surface area contributed by atoms with E-state index in [2.05, 4.69) is 19.2 Å². The number of nitrogens with zero attached hydrogens (tertiary/aromatic N) is 1. The monoisotopic (exact) mass is 300 g/mol. The molecule has 0 bridgehead atoms. The number of thioether (sulfide) groups is 1. The number of hydrogen-bond acceptors (Lipinski definition) is 4. The topological polar surface area (TPSA) is 49.4 Å². The van der Waals surface area contributed by atoms with Crippen LogP contribution < -0.4 is 5.32 Å². The van der Waals surface area contributed by atoms with Crippen molar-refractivity contribution >= 4 is 27.5 Å². The van der Waals surface area contributed by atoms with Gasteiger partial charge in [0.25, 0.3) is 0 Å². The van der Waals surface area contributed by atoms with Crippen LogP contribution in [0.3, 0.4) is 0 Å². The van der Waals surface area contributed by atoms with Crippen molar-refractivity contribution in [2.45, 2.75) is 29.2 Å². The summed E-state index contributed by atoms with van der Waals surface area (Å²) in [7, 11) is -1.55. The van der Waals surface area contributed by atoms with Crippen molar-refractivity contribution in [3.05, 3.63) is 24.3 Å². The van der Waals surface area contributed by atoms with E-state index in [1.165, 1.54) is 0 Å². The zero-order chi connectivity index (χ0) is 14.0. The lowest BCUT2D eigenvalue weighted by Gasteiger charge is -2.33. The quantitative estimate of drug-likeness (QED) is 0.930. The van der Waals surface area contributed by atoms with Gasteiger partial charge in [-0.3, -0.25) is 0 Å². The van der Waals surface area contributed by atoms with Crippen molar-refractivity contribution in [3.8, 4) is 0 Å². The van der Waals surface area contributed by atoms with E-state index in [-0.39, 0.29) is 0 Å². The Morgan fingerprint density at radius 1 is 1.16 bits per heavy atom. The molecule has 6 heteroatoms. The van der Waals surface area contributed by atoms with Crippen LogP contribution in [0.25, 0.3) is 0 Å². The maximum atomic E-state index is 12.6. The molecular formula is C13H20N2O2S2. The van der Waals surface area contributed by atoms with Crippen molar-refractivity contribution in [3.63, 3.8) is 0 Å². The number of hydrogen-bond donors (Lipinski definition) is 1. The summed E-state index contributed by atoms with van der Waals surface area (Å²) in [5.41, 5.74) is 0.912. The van der Waals surface area contributed by atoms with Crippen molar-refractivity contribution in [1.82, 2.24) is 4.31 Å². The summed E-state index contributed by atoms with van der Waals surface area (Å²) in [4.78, 5) is 0.373. The molecule has 1 N–H and O–H groups in total. The first-order valence-electron chi connectivity index (χ1n) is 6.37. The van der Waals surface area contributed by atoms with Gasteiger partial charge in [-0.1, -0.05) is 13.8 Å². The van der Waals surface area contributed by atoms with E-state index < -0.39 is 10.0 Å². The van der Waals surface area contributed by atoms with Crippen LogP contribution in [0.15, 0.2) is 29.2 Å². The van der Waals surface area contributed by atoms with E-state index in [9.17, 15) is 8.42 Å². The van der Waals surface area contributed by atoms with Crippen molar-refractivity contribution in [1.29, 1.82) is 0 Å². The molecule has 0 radical (unpaired) electrons. The molecule has 2 rings (SSSR count). The Hall–Kier alpha value is -0.720. The summed E-state index contributed by atoms with van der Waals surface area (Å²) < 4.78 is 26.8. The first kappa shape index (κ1) is 14.7. The zero-order valence-corrected chi connectivity index (χ0v) is 13.1. The fourth-order valence-electron chi connectivity index (χ4n) is 2.27. The predicted octanol–water partition coefficient (Wildman–Crippen LogP) is 2.24. The van der Waals surface area contributed by atoms with Crippen LogP contribution in [0, 0.1) is 0 Å². The van der Waals surface area contributed by atoms with E-state index >= 15 is 0 Å². The maximum absolute atomic E-state index is 12.6. The normalized spacial score (nSPS) is 25.2. The Morgan fingerprint density at radius 2 is 1.68 bits per heavy atom. The second-order valence-electron chi connectivity index (χ2n) is 4.85. The number of anilines is 1. The predicted molar refractivity (Wildman–Crippen MR) is 81.3 cm³/mol. The van der Waals surface area contributed by atoms with Crippen molar-refractivity contribution in [2.24, 2.45) is 0 Å². The molecular weight excluding hydrogens is 280 g/mol. The third-order valence-corrected chi connectivity index (χ3v) is 6.24. The number of rotatable bonds is 3. The van der Waals surface area contributed by atoms with Crippen LogP contribution >= 0.6 is 11.8 Å². The largest absolute Gasteiger partial charge is 0.388 e. The van der Waals surface area contributed by atoms with Gasteiger partial charge in [-0.25, -0.2) is 8.42 Å². The minimum absolute atomic E-state index is 0.343. The minimum Gasteiger partial charge on any atom is -0.388 e. The van der Waals surface area contributed by atoms with Crippen LogP contribution in [0.1, 0.15) is 13.8 Å². The molecule has 0 aromatic heterocycles. The molecule has 2 atom stereocenters. The van der Waals surface area contributed by atoms with Gasteiger partial charge in [-0.15, -0.1) is 0 Å². The molecule has 0 aliphatic carbocycles. The van der Waals surface area contributed by atoms with Crippen LogP contribution in [0.5, 0.6) is 0 Å². The third kappa shape index (κ3) is 3.24. The van der Waals surface area contributed by atoms with Crippen molar-refractivity contribution in [2.75, 3.05) is 25.5 Å². The Morgan fingerprint density at radius 3 is 2.16 bits per heavy atom. The van der Waals surface area contributed by atoms with Gasteiger partial charge in [0.05, 0.1) is 4.90 Å². The molecule has 106 valence electrons. The smallest absolute Gasteiger partial charge is 0.243 e. The summed E-state index contributed by atoms with van der Waals surface area (Å²) >= 11 is 1.85. The maximum Gasteiger partial charge on any atom is 0.243 e. The highest BCUT2D eigenvalue weighted by Crippen LogP contribution is 2.29. The summed E-state index contributed by atoms with van der Waals surface area (Å²) in [6, 6.07) is 6.91. The standard InChI is InChI=1S/C13H20N2O2S2/c1-10-8-15(9-11(2)18-10)19(16,17)13-6-4-12(14-3)5-7-13/h4-7,10-11,14H,8-9H2,1-3H3. The lowest BCUT2D eigenvalue weighted by Crippen LogP contribution is -2.43. The van der Waals surface area contributed by atoms with Crippen LogP contribution in [0.2, 0.25) is 0 Å². The molecule has 0 saturated carbocycles. The molecule has 1 fully saturated rings. The average Bonchev–Trinajstić information content (AvgIpc) is 2.37. The van der Waals surface area contributed by atoms with Crippen LogP contribution in [-0.2, 0) is 10.0 Å². The summed E-state index contributed by atoms with van der Waals surface area (Å²) in [5, 5.41) is 3.67. The molecule has 1 aromatic rings. The molecule has 1 aliphatic rings. The highest BCUT2D eigenvalue weighted by molar-refractivity contribution is 8.00. The van der Waals surface area contributed by atoms with Crippen molar-refractivity contribution < 1.29 is 8.42 Å². The summed E-state index contributed by atoms with van der Waals surface area (Å²) in [6.07, 6.45) is 0. The average molecular weight is 300 g/mol. The number of sulfonamides is 1. The van der Waals surface area contributed by atoms with E-state index in [1.54, 1.807) is 28.6 Å².